The number of rotatable bonds is 7. The number of aryl methyl sites for hydroxylation is 1. The van der Waals surface area contributed by atoms with Crippen molar-refractivity contribution in [3.05, 3.63) is 56.0 Å². The van der Waals surface area contributed by atoms with Crippen LogP contribution in [-0.4, -0.2) is 30.7 Å². The summed E-state index contributed by atoms with van der Waals surface area (Å²) >= 11 is 1.24. The molecule has 5 rings (SSSR count). The Labute approximate surface area is 201 Å². The molecule has 2 saturated carbocycles. The van der Waals surface area contributed by atoms with Crippen LogP contribution in [0.15, 0.2) is 32.8 Å². The van der Waals surface area contributed by atoms with Crippen molar-refractivity contribution in [2.24, 2.45) is 0 Å². The van der Waals surface area contributed by atoms with Crippen LogP contribution < -0.4 is 16.6 Å². The molecule has 2 aliphatic carbocycles. The molecule has 0 radical (unpaired) electrons. The first-order chi connectivity index (χ1) is 16.2. The minimum Gasteiger partial charge on any atom is -0.325 e. The van der Waals surface area contributed by atoms with E-state index < -0.39 is 16.5 Å². The number of nitrogens with one attached hydrogen (secondary N) is 2. The number of carbonyl (C=O) groups is 1. The Balaban J connectivity index is 1.52. The highest BCUT2D eigenvalue weighted by Gasteiger charge is 2.33. The fourth-order valence-corrected chi connectivity index (χ4v) is 5.15. The van der Waals surface area contributed by atoms with E-state index in [1.807, 2.05) is 32.0 Å². The average Bonchev–Trinajstić information content (AvgIpc) is 3.67. The SMILES string of the molecule is Cc1cccc(C(C)C)c1NC(=O)[C@H](C)Sc1nc(C2CC2)nc2c1c(=O)[nH]c(=O)n2C1CC1. The largest absolute Gasteiger partial charge is 0.330 e. The number of hydrogen-bond donors (Lipinski definition) is 2. The van der Waals surface area contributed by atoms with E-state index in [1.165, 1.54) is 11.8 Å². The van der Waals surface area contributed by atoms with E-state index in [1.54, 1.807) is 4.57 Å². The number of nitrogens with zero attached hydrogens (tertiary/aromatic N) is 3. The van der Waals surface area contributed by atoms with Gasteiger partial charge < -0.3 is 5.32 Å². The summed E-state index contributed by atoms with van der Waals surface area (Å²) in [5.74, 6) is 1.01. The van der Waals surface area contributed by atoms with Crippen molar-refractivity contribution in [1.82, 2.24) is 19.5 Å². The van der Waals surface area contributed by atoms with Crippen molar-refractivity contribution in [3.8, 4) is 0 Å². The van der Waals surface area contributed by atoms with Gasteiger partial charge in [-0.1, -0.05) is 43.8 Å². The first kappa shape index (κ1) is 22.8. The molecule has 2 aromatic heterocycles. The molecule has 0 unspecified atom stereocenters. The van der Waals surface area contributed by atoms with Crippen molar-refractivity contribution in [2.45, 2.75) is 81.5 Å². The topological polar surface area (TPSA) is 110 Å². The molecule has 0 bridgehead atoms. The van der Waals surface area contributed by atoms with Crippen LogP contribution in [0.25, 0.3) is 11.0 Å². The first-order valence-corrected chi connectivity index (χ1v) is 12.8. The Bertz CT molecular complexity index is 1400. The van der Waals surface area contributed by atoms with Gasteiger partial charge in [0.25, 0.3) is 5.56 Å². The predicted octanol–water partition coefficient (Wildman–Crippen LogP) is 4.24. The number of fused-ring (bicyclic) bond motifs is 1. The lowest BCUT2D eigenvalue weighted by Gasteiger charge is -2.19. The van der Waals surface area contributed by atoms with E-state index in [0.29, 0.717) is 21.9 Å². The van der Waals surface area contributed by atoms with E-state index >= 15 is 0 Å². The maximum atomic E-state index is 13.2. The summed E-state index contributed by atoms with van der Waals surface area (Å²) in [6.45, 7) is 7.99. The summed E-state index contributed by atoms with van der Waals surface area (Å²) < 4.78 is 1.60. The van der Waals surface area contributed by atoms with Gasteiger partial charge in [-0.3, -0.25) is 19.1 Å². The molecule has 2 heterocycles. The van der Waals surface area contributed by atoms with Crippen molar-refractivity contribution in [2.75, 3.05) is 5.32 Å². The molecule has 178 valence electrons. The van der Waals surface area contributed by atoms with E-state index in [2.05, 4.69) is 29.1 Å². The lowest BCUT2D eigenvalue weighted by atomic mass is 9.98. The second-order valence-electron chi connectivity index (χ2n) is 9.66. The second-order valence-corrected chi connectivity index (χ2v) is 11.0. The van der Waals surface area contributed by atoms with Gasteiger partial charge in [0.2, 0.25) is 5.91 Å². The van der Waals surface area contributed by atoms with Gasteiger partial charge in [-0.05, 0) is 56.6 Å². The number of benzene rings is 1. The Morgan fingerprint density at radius 1 is 1.15 bits per heavy atom. The molecule has 0 saturated heterocycles. The minimum atomic E-state index is -0.509. The molecule has 2 fully saturated rings. The Morgan fingerprint density at radius 2 is 1.88 bits per heavy atom. The number of para-hydroxylation sites is 1. The van der Waals surface area contributed by atoms with Crippen LogP contribution in [0.4, 0.5) is 5.69 Å². The number of anilines is 1. The number of hydrogen-bond acceptors (Lipinski definition) is 6. The average molecular weight is 480 g/mol. The summed E-state index contributed by atoms with van der Waals surface area (Å²) in [4.78, 5) is 50.4. The zero-order chi connectivity index (χ0) is 24.1. The van der Waals surface area contributed by atoms with Gasteiger partial charge in [0.15, 0.2) is 5.65 Å². The standard InChI is InChI=1S/C25H29N5O3S/c1-12(2)17-7-5-6-13(3)19(17)26-22(31)14(4)34-24-18-21(27-20(28-24)15-8-9-15)30(16-10-11-16)25(33)29-23(18)32/h5-7,12,14-16H,8-11H2,1-4H3,(H,26,31)(H,29,32,33)/t14-/m0/s1. The quantitative estimate of drug-likeness (QED) is 0.387. The highest BCUT2D eigenvalue weighted by atomic mass is 32.2. The van der Waals surface area contributed by atoms with Crippen LogP contribution in [0.3, 0.4) is 0 Å². The number of H-pyrrole nitrogens is 1. The normalized spacial score (nSPS) is 16.7. The third-order valence-electron chi connectivity index (χ3n) is 6.46. The number of aromatic nitrogens is 4. The smallest absolute Gasteiger partial charge is 0.325 e. The minimum absolute atomic E-state index is 0.0582. The van der Waals surface area contributed by atoms with Gasteiger partial charge in [0.1, 0.15) is 16.2 Å². The molecule has 0 aliphatic heterocycles. The van der Waals surface area contributed by atoms with Crippen LogP contribution in [0.2, 0.25) is 0 Å². The lowest BCUT2D eigenvalue weighted by molar-refractivity contribution is -0.115. The lowest BCUT2D eigenvalue weighted by Crippen LogP contribution is -2.31. The number of aromatic amines is 1. The van der Waals surface area contributed by atoms with Gasteiger partial charge in [0.05, 0.1) is 5.25 Å². The Morgan fingerprint density at radius 3 is 2.53 bits per heavy atom. The summed E-state index contributed by atoms with van der Waals surface area (Å²) in [6.07, 6.45) is 3.76. The van der Waals surface area contributed by atoms with Crippen LogP contribution in [-0.2, 0) is 4.79 Å². The fraction of sp³-hybridized carbons (Fsp3) is 0.480. The third kappa shape index (κ3) is 4.29. The van der Waals surface area contributed by atoms with Gasteiger partial charge >= 0.3 is 5.69 Å². The molecular formula is C25H29N5O3S. The first-order valence-electron chi connectivity index (χ1n) is 11.9. The Kier molecular flexibility index (Phi) is 5.83. The van der Waals surface area contributed by atoms with Crippen LogP contribution in [0, 0.1) is 6.92 Å². The van der Waals surface area contributed by atoms with Crippen molar-refractivity contribution >= 4 is 34.4 Å². The van der Waals surface area contributed by atoms with E-state index in [0.717, 1.165) is 42.5 Å². The van der Waals surface area contributed by atoms with Gasteiger partial charge in [-0.25, -0.2) is 14.8 Å². The molecule has 0 spiro atoms. The molecule has 8 nitrogen and oxygen atoms in total. The summed E-state index contributed by atoms with van der Waals surface area (Å²) in [6, 6.07) is 6.07. The summed E-state index contributed by atoms with van der Waals surface area (Å²) in [5.41, 5.74) is 2.38. The van der Waals surface area contributed by atoms with E-state index in [9.17, 15) is 14.4 Å². The van der Waals surface area contributed by atoms with Crippen molar-refractivity contribution in [1.29, 1.82) is 0 Å². The molecule has 1 amide bonds. The highest BCUT2D eigenvalue weighted by Crippen LogP contribution is 2.41. The van der Waals surface area contributed by atoms with Crippen LogP contribution in [0.5, 0.6) is 0 Å². The second kappa shape index (κ2) is 8.69. The molecule has 2 aliphatic rings. The van der Waals surface area contributed by atoms with Crippen molar-refractivity contribution in [3.63, 3.8) is 0 Å². The van der Waals surface area contributed by atoms with E-state index in [-0.39, 0.29) is 23.8 Å². The third-order valence-corrected chi connectivity index (χ3v) is 7.54. The number of thioether (sulfide) groups is 1. The van der Waals surface area contributed by atoms with Crippen LogP contribution >= 0.6 is 11.8 Å². The van der Waals surface area contributed by atoms with Gasteiger partial charge in [-0.15, -0.1) is 0 Å². The van der Waals surface area contributed by atoms with Gasteiger partial charge in [0, 0.05) is 17.6 Å². The predicted molar refractivity (Wildman–Crippen MR) is 134 cm³/mol. The molecule has 9 heteroatoms. The number of amides is 1. The molecule has 1 atom stereocenters. The molecule has 3 aromatic rings. The maximum absolute atomic E-state index is 13.2. The zero-order valence-electron chi connectivity index (χ0n) is 19.8. The highest BCUT2D eigenvalue weighted by molar-refractivity contribution is 8.00. The zero-order valence-corrected chi connectivity index (χ0v) is 20.7. The monoisotopic (exact) mass is 479 g/mol. The molecule has 34 heavy (non-hydrogen) atoms. The maximum Gasteiger partial charge on any atom is 0.330 e. The molecule has 2 N–H and O–H groups in total. The fourth-order valence-electron chi connectivity index (χ4n) is 4.20. The van der Waals surface area contributed by atoms with Crippen LogP contribution in [0.1, 0.15) is 81.3 Å². The molecular weight excluding hydrogens is 450 g/mol. The Hall–Kier alpha value is -2.94. The summed E-state index contributed by atoms with van der Waals surface area (Å²) in [5, 5.41) is 3.34. The molecule has 1 aromatic carbocycles. The number of carbonyl (C=O) groups excluding carboxylic acids is 1. The van der Waals surface area contributed by atoms with E-state index in [4.69, 9.17) is 4.98 Å². The summed E-state index contributed by atoms with van der Waals surface area (Å²) in [7, 11) is 0. The van der Waals surface area contributed by atoms with Crippen molar-refractivity contribution < 1.29 is 4.79 Å². The van der Waals surface area contributed by atoms with Gasteiger partial charge in [-0.2, -0.15) is 0 Å².